The second kappa shape index (κ2) is 17.2. The van der Waals surface area contributed by atoms with Crippen LogP contribution in [0.3, 0.4) is 0 Å². The number of nitrogens with zero attached hydrogens (tertiary/aromatic N) is 3. The molecule has 0 atom stereocenters. The van der Waals surface area contributed by atoms with Crippen molar-refractivity contribution in [3.63, 3.8) is 0 Å². The van der Waals surface area contributed by atoms with E-state index in [9.17, 15) is 9.59 Å². The number of halogens is 1. The number of unbranched alkanes of at least 4 members (excludes halogenated alkanes) is 4. The number of benzene rings is 5. The van der Waals surface area contributed by atoms with Crippen molar-refractivity contribution in [2.24, 2.45) is 4.99 Å². The minimum Gasteiger partial charge on any atom is -0.497 e. The van der Waals surface area contributed by atoms with Crippen LogP contribution in [0.15, 0.2) is 106 Å². The Balaban J connectivity index is 0.956. The Hall–Kier alpha value is -5.05. The van der Waals surface area contributed by atoms with Crippen molar-refractivity contribution in [1.29, 1.82) is 0 Å². The standard InChI is InChI=1S/C46H47ClN4O3S/c1-5-50(6-2)34-21-23-40-42(27-34)55-43-26-32(36-15-11-12-16-37(36)45(43)49-40)14-10-8-7-9-13-25-48-44(52)29-38-30(3)51(41-24-22-35(54-4)28-39(38)41)46(53)31-17-19-33(47)20-18-31/h11-12,14-24,26-28H,5-10,13,25,29H2,1-4H3,(H,48,52)/b32-14-. The van der Waals surface area contributed by atoms with E-state index in [4.69, 9.17) is 21.3 Å². The van der Waals surface area contributed by atoms with Gasteiger partial charge in [0.25, 0.3) is 5.91 Å². The van der Waals surface area contributed by atoms with Crippen molar-refractivity contribution < 1.29 is 14.3 Å². The van der Waals surface area contributed by atoms with Crippen LogP contribution in [0.5, 0.6) is 5.75 Å². The zero-order valence-electron chi connectivity index (χ0n) is 32.0. The van der Waals surface area contributed by atoms with Gasteiger partial charge in [-0.3, -0.25) is 14.2 Å². The molecule has 0 unspecified atom stereocenters. The van der Waals surface area contributed by atoms with Gasteiger partial charge in [0.15, 0.2) is 0 Å². The molecule has 5 aromatic carbocycles. The number of fused-ring (bicyclic) bond motifs is 5. The summed E-state index contributed by atoms with van der Waals surface area (Å²) >= 11 is 7.90. The minimum absolute atomic E-state index is 0.0620. The van der Waals surface area contributed by atoms with E-state index in [1.165, 1.54) is 31.5 Å². The summed E-state index contributed by atoms with van der Waals surface area (Å²) in [6, 6.07) is 30.0. The van der Waals surface area contributed by atoms with E-state index in [2.05, 4.69) is 78.7 Å². The van der Waals surface area contributed by atoms with Crippen molar-refractivity contribution in [3.05, 3.63) is 123 Å². The third-order valence-corrected chi connectivity index (χ3v) is 11.9. The molecule has 0 fully saturated rings. The number of hydrogen-bond donors (Lipinski definition) is 1. The number of amides is 1. The molecule has 1 aromatic heterocycles. The largest absolute Gasteiger partial charge is 0.497 e. The van der Waals surface area contributed by atoms with Gasteiger partial charge < -0.3 is 15.0 Å². The highest BCUT2D eigenvalue weighted by Gasteiger charge is 2.22. The van der Waals surface area contributed by atoms with Gasteiger partial charge in [-0.1, -0.05) is 66.5 Å². The number of rotatable bonds is 14. The molecule has 0 radical (unpaired) electrons. The molecular weight excluding hydrogens is 724 g/mol. The number of methoxy groups -OCH3 is 1. The van der Waals surface area contributed by atoms with Gasteiger partial charge in [0.05, 0.1) is 30.1 Å². The zero-order valence-corrected chi connectivity index (χ0v) is 33.5. The summed E-state index contributed by atoms with van der Waals surface area (Å²) in [5, 5.41) is 9.28. The van der Waals surface area contributed by atoms with E-state index in [-0.39, 0.29) is 18.2 Å². The predicted molar refractivity (Wildman–Crippen MR) is 227 cm³/mol. The summed E-state index contributed by atoms with van der Waals surface area (Å²) in [5.74, 6) is 0.442. The van der Waals surface area contributed by atoms with Gasteiger partial charge in [0, 0.05) is 62.2 Å². The molecule has 7 rings (SSSR count). The predicted octanol–water partition coefficient (Wildman–Crippen LogP) is 9.81. The molecular formula is C46H47ClN4O3S. The first kappa shape index (κ1) is 38.2. The third-order valence-electron chi connectivity index (χ3n) is 10.5. The fraction of sp³-hybridized carbons (Fsp3) is 0.283. The third kappa shape index (κ3) is 8.17. The molecule has 1 aliphatic heterocycles. The van der Waals surface area contributed by atoms with E-state index >= 15 is 0 Å². The molecule has 0 aliphatic carbocycles. The average Bonchev–Trinajstić information content (AvgIpc) is 3.47. The Morgan fingerprint density at radius 3 is 2.40 bits per heavy atom. The van der Waals surface area contributed by atoms with Crippen LogP contribution >= 0.6 is 23.4 Å². The summed E-state index contributed by atoms with van der Waals surface area (Å²) in [6.07, 6.45) is 7.64. The molecule has 0 spiro atoms. The van der Waals surface area contributed by atoms with Gasteiger partial charge >= 0.3 is 0 Å². The SMILES string of the molecule is CCN(CC)c1ccc2c(c1)Sc1c/c(=C/CCCCCCNC(=O)Cc3c(C)n(C(=O)c4ccc(Cl)cc4)c4ccc(OC)cc34)c3ccccc3c1=N2. The molecule has 7 nitrogen and oxygen atoms in total. The monoisotopic (exact) mass is 770 g/mol. The lowest BCUT2D eigenvalue weighted by Crippen LogP contribution is -2.26. The molecule has 6 aromatic rings. The number of carbonyl (C=O) groups is 2. The Labute approximate surface area is 332 Å². The van der Waals surface area contributed by atoms with Crippen LogP contribution in [0.25, 0.3) is 27.8 Å². The first-order chi connectivity index (χ1) is 26.8. The number of aromatic nitrogens is 1. The molecule has 55 heavy (non-hydrogen) atoms. The molecule has 1 N–H and O–H groups in total. The van der Waals surface area contributed by atoms with Gasteiger partial charge in [0.2, 0.25) is 5.91 Å². The smallest absolute Gasteiger partial charge is 0.262 e. The Morgan fingerprint density at radius 2 is 1.64 bits per heavy atom. The molecule has 0 saturated heterocycles. The number of carbonyl (C=O) groups excluding carboxylic acids is 2. The molecule has 1 aliphatic rings. The Bertz CT molecular complexity index is 2510. The summed E-state index contributed by atoms with van der Waals surface area (Å²) in [7, 11) is 1.61. The molecule has 1 amide bonds. The van der Waals surface area contributed by atoms with Gasteiger partial charge in [-0.05, 0) is 123 Å². The van der Waals surface area contributed by atoms with E-state index in [0.29, 0.717) is 22.9 Å². The lowest BCUT2D eigenvalue weighted by molar-refractivity contribution is -0.120. The number of hydrogen-bond acceptors (Lipinski definition) is 6. The highest BCUT2D eigenvalue weighted by Crippen LogP contribution is 2.39. The maximum Gasteiger partial charge on any atom is 0.262 e. The topological polar surface area (TPSA) is 75.9 Å². The maximum atomic E-state index is 13.6. The first-order valence-electron chi connectivity index (χ1n) is 19.2. The molecule has 282 valence electrons. The fourth-order valence-electron chi connectivity index (χ4n) is 7.55. The Kier molecular flexibility index (Phi) is 11.9. The van der Waals surface area contributed by atoms with Crippen LogP contribution in [0, 0.1) is 6.92 Å². The van der Waals surface area contributed by atoms with Crippen LogP contribution in [0.1, 0.15) is 67.6 Å². The Morgan fingerprint density at radius 1 is 0.873 bits per heavy atom. The zero-order chi connectivity index (χ0) is 38.5. The van der Waals surface area contributed by atoms with Crippen LogP contribution in [-0.2, 0) is 11.2 Å². The average molecular weight is 771 g/mol. The second-order valence-corrected chi connectivity index (χ2v) is 15.4. The van der Waals surface area contributed by atoms with Crippen LogP contribution in [0.4, 0.5) is 11.4 Å². The fourth-order valence-corrected chi connectivity index (χ4v) is 8.75. The quantitative estimate of drug-likeness (QED) is 0.112. The summed E-state index contributed by atoms with van der Waals surface area (Å²) in [6.45, 7) is 8.85. The highest BCUT2D eigenvalue weighted by atomic mass is 35.5. The van der Waals surface area contributed by atoms with Crippen molar-refractivity contribution in [1.82, 2.24) is 9.88 Å². The van der Waals surface area contributed by atoms with E-state index < -0.39 is 0 Å². The number of anilines is 1. The van der Waals surface area contributed by atoms with E-state index in [1.54, 1.807) is 35.9 Å². The maximum absolute atomic E-state index is 13.6. The van der Waals surface area contributed by atoms with Crippen molar-refractivity contribution in [3.8, 4) is 5.75 Å². The van der Waals surface area contributed by atoms with Crippen molar-refractivity contribution in [2.75, 3.05) is 31.6 Å². The van der Waals surface area contributed by atoms with Crippen LogP contribution in [-0.4, -0.2) is 43.1 Å². The van der Waals surface area contributed by atoms with Crippen LogP contribution in [0.2, 0.25) is 5.02 Å². The number of ether oxygens (including phenoxy) is 1. The van der Waals surface area contributed by atoms with Crippen LogP contribution < -0.4 is 25.5 Å². The molecule has 9 heteroatoms. The van der Waals surface area contributed by atoms with E-state index in [1.807, 2.05) is 36.9 Å². The minimum atomic E-state index is -0.169. The summed E-state index contributed by atoms with van der Waals surface area (Å²) in [4.78, 5) is 36.8. The van der Waals surface area contributed by atoms with Gasteiger partial charge in [-0.15, -0.1) is 0 Å². The highest BCUT2D eigenvalue weighted by molar-refractivity contribution is 7.99. The lowest BCUT2D eigenvalue weighted by atomic mass is 10.0. The normalized spacial score (nSPS) is 12.3. The van der Waals surface area contributed by atoms with Gasteiger partial charge in [0.1, 0.15) is 5.75 Å². The van der Waals surface area contributed by atoms with Gasteiger partial charge in [-0.2, -0.15) is 0 Å². The van der Waals surface area contributed by atoms with Crippen molar-refractivity contribution in [2.45, 2.75) is 69.1 Å². The summed E-state index contributed by atoms with van der Waals surface area (Å²) in [5.41, 5.74) is 5.10. The molecule has 2 heterocycles. The lowest BCUT2D eigenvalue weighted by Gasteiger charge is -2.23. The van der Waals surface area contributed by atoms with E-state index in [0.717, 1.165) is 78.4 Å². The van der Waals surface area contributed by atoms with Crippen molar-refractivity contribution >= 4 is 74.3 Å². The molecule has 0 bridgehead atoms. The molecule has 0 saturated carbocycles. The van der Waals surface area contributed by atoms with Gasteiger partial charge in [-0.25, -0.2) is 4.99 Å². The summed E-state index contributed by atoms with van der Waals surface area (Å²) < 4.78 is 7.17. The second-order valence-electron chi connectivity index (χ2n) is 13.9. The first-order valence-corrected chi connectivity index (χ1v) is 20.4. The number of nitrogens with one attached hydrogen (secondary N) is 1.